The Kier molecular flexibility index (Phi) is 7.21. The van der Waals surface area contributed by atoms with Crippen molar-refractivity contribution in [2.45, 2.75) is 58.6 Å². The standard InChI is InChI=1S/C24H29NO9/c1-7-31-22(28)16-12-17(32-13(16)2)18-19(21(26)27)33-20(14-8-10-15(30-6)11-9-14)25(18)23(29)34-24(3,4)5/h8-12,18-20H,7H2,1-6H3,(H,26,27)/t18-,19+,20?/m0/s1. The van der Waals surface area contributed by atoms with Gasteiger partial charge in [0.1, 0.15) is 34.5 Å². The van der Waals surface area contributed by atoms with Crippen LogP contribution in [0.5, 0.6) is 5.75 Å². The largest absolute Gasteiger partial charge is 0.497 e. The molecule has 10 heteroatoms. The van der Waals surface area contributed by atoms with Crippen LogP contribution >= 0.6 is 0 Å². The third-order valence-electron chi connectivity index (χ3n) is 5.09. The highest BCUT2D eigenvalue weighted by Gasteiger charge is 2.52. The lowest BCUT2D eigenvalue weighted by atomic mass is 10.1. The smallest absolute Gasteiger partial charge is 0.413 e. The van der Waals surface area contributed by atoms with E-state index in [0.29, 0.717) is 11.3 Å². The normalized spacial score (nSPS) is 20.2. The number of methoxy groups -OCH3 is 1. The zero-order valence-electron chi connectivity index (χ0n) is 20.0. The van der Waals surface area contributed by atoms with Crippen LogP contribution in [0.1, 0.15) is 67.4 Å². The number of carbonyl (C=O) groups is 3. The molecule has 184 valence electrons. The molecule has 2 heterocycles. The molecule has 0 bridgehead atoms. The van der Waals surface area contributed by atoms with Gasteiger partial charge in [-0.2, -0.15) is 0 Å². The molecule has 1 N–H and O–H groups in total. The Labute approximate surface area is 197 Å². The van der Waals surface area contributed by atoms with Gasteiger partial charge in [-0.1, -0.05) is 12.1 Å². The van der Waals surface area contributed by atoms with Crippen molar-refractivity contribution in [3.63, 3.8) is 0 Å². The van der Waals surface area contributed by atoms with Gasteiger partial charge in [0.2, 0.25) is 0 Å². The van der Waals surface area contributed by atoms with Gasteiger partial charge in [0.15, 0.2) is 12.3 Å². The molecule has 3 atom stereocenters. The summed E-state index contributed by atoms with van der Waals surface area (Å²) < 4.78 is 27.4. The second kappa shape index (κ2) is 9.76. The molecule has 0 radical (unpaired) electrons. The minimum atomic E-state index is -1.49. The summed E-state index contributed by atoms with van der Waals surface area (Å²) in [5.41, 5.74) is -0.213. The van der Waals surface area contributed by atoms with Gasteiger partial charge in [-0.05, 0) is 52.8 Å². The fourth-order valence-corrected chi connectivity index (χ4v) is 3.64. The molecule has 0 saturated carbocycles. The van der Waals surface area contributed by atoms with Crippen molar-refractivity contribution in [3.05, 3.63) is 53.0 Å². The number of esters is 1. The Morgan fingerprint density at radius 2 is 1.79 bits per heavy atom. The summed E-state index contributed by atoms with van der Waals surface area (Å²) in [6.07, 6.45) is -3.38. The number of carboxylic acid groups (broad SMARTS) is 1. The molecule has 1 fully saturated rings. The number of hydrogen-bond donors (Lipinski definition) is 1. The number of benzene rings is 1. The molecular weight excluding hydrogens is 446 g/mol. The van der Waals surface area contributed by atoms with Crippen LogP contribution < -0.4 is 4.74 Å². The molecule has 1 amide bonds. The monoisotopic (exact) mass is 475 g/mol. The number of hydrogen-bond acceptors (Lipinski definition) is 8. The number of rotatable bonds is 6. The van der Waals surface area contributed by atoms with Crippen molar-refractivity contribution in [1.82, 2.24) is 4.90 Å². The van der Waals surface area contributed by atoms with E-state index in [-0.39, 0.29) is 23.7 Å². The predicted octanol–water partition coefficient (Wildman–Crippen LogP) is 4.23. The Bertz CT molecular complexity index is 1050. The molecule has 1 aromatic carbocycles. The Balaban J connectivity index is 2.11. The highest BCUT2D eigenvalue weighted by molar-refractivity contribution is 5.90. The first kappa shape index (κ1) is 25.1. The van der Waals surface area contributed by atoms with E-state index in [1.165, 1.54) is 18.1 Å². The van der Waals surface area contributed by atoms with Crippen molar-refractivity contribution < 1.29 is 42.9 Å². The maximum Gasteiger partial charge on any atom is 0.413 e. The lowest BCUT2D eigenvalue weighted by molar-refractivity contribution is -0.150. The first-order chi connectivity index (χ1) is 16.0. The molecule has 10 nitrogen and oxygen atoms in total. The lowest BCUT2D eigenvalue weighted by Crippen LogP contribution is -2.40. The summed E-state index contributed by atoms with van der Waals surface area (Å²) in [4.78, 5) is 39.0. The molecule has 3 rings (SSSR count). The van der Waals surface area contributed by atoms with Gasteiger partial charge in [0.25, 0.3) is 0 Å². The second-order valence-electron chi connectivity index (χ2n) is 8.69. The predicted molar refractivity (Wildman–Crippen MR) is 118 cm³/mol. The minimum Gasteiger partial charge on any atom is -0.497 e. The highest BCUT2D eigenvalue weighted by atomic mass is 16.6. The van der Waals surface area contributed by atoms with Gasteiger partial charge in [-0.3, -0.25) is 4.90 Å². The molecular formula is C24H29NO9. The summed E-state index contributed by atoms with van der Waals surface area (Å²) in [5, 5.41) is 9.94. The number of furan rings is 1. The van der Waals surface area contributed by atoms with Gasteiger partial charge >= 0.3 is 18.0 Å². The van der Waals surface area contributed by atoms with E-state index in [0.717, 1.165) is 0 Å². The Hall–Kier alpha value is -3.53. The zero-order valence-corrected chi connectivity index (χ0v) is 20.0. The van der Waals surface area contributed by atoms with Crippen LogP contribution in [0.2, 0.25) is 0 Å². The Morgan fingerprint density at radius 1 is 1.15 bits per heavy atom. The molecule has 0 aliphatic carbocycles. The number of amides is 1. The number of ether oxygens (including phenoxy) is 4. The van der Waals surface area contributed by atoms with E-state index < -0.39 is 42.0 Å². The molecule has 2 aromatic rings. The van der Waals surface area contributed by atoms with E-state index >= 15 is 0 Å². The first-order valence-corrected chi connectivity index (χ1v) is 10.8. The highest BCUT2D eigenvalue weighted by Crippen LogP contribution is 2.45. The van der Waals surface area contributed by atoms with Gasteiger partial charge < -0.3 is 28.5 Å². The van der Waals surface area contributed by atoms with Crippen LogP contribution in [-0.4, -0.2) is 53.5 Å². The molecule has 1 saturated heterocycles. The summed E-state index contributed by atoms with van der Waals surface area (Å²) in [7, 11) is 1.52. The molecule has 1 aliphatic heterocycles. The third kappa shape index (κ3) is 5.17. The van der Waals surface area contributed by atoms with Crippen LogP contribution in [0.3, 0.4) is 0 Å². The minimum absolute atomic E-state index is 0.0647. The van der Waals surface area contributed by atoms with Crippen LogP contribution in [-0.2, 0) is 19.0 Å². The molecule has 34 heavy (non-hydrogen) atoms. The maximum atomic E-state index is 13.3. The van der Waals surface area contributed by atoms with E-state index in [9.17, 15) is 19.5 Å². The summed E-state index contributed by atoms with van der Waals surface area (Å²) in [6, 6.07) is 6.85. The fraction of sp³-hybridized carbons (Fsp3) is 0.458. The van der Waals surface area contributed by atoms with Crippen LogP contribution in [0.25, 0.3) is 0 Å². The van der Waals surface area contributed by atoms with E-state index in [1.807, 2.05) is 0 Å². The van der Waals surface area contributed by atoms with Gasteiger partial charge in [0, 0.05) is 5.56 Å². The van der Waals surface area contributed by atoms with E-state index in [1.54, 1.807) is 58.9 Å². The fourth-order valence-electron chi connectivity index (χ4n) is 3.64. The zero-order chi connectivity index (χ0) is 25.2. The second-order valence-corrected chi connectivity index (χ2v) is 8.69. The average molecular weight is 475 g/mol. The molecule has 0 spiro atoms. The molecule has 1 aliphatic rings. The van der Waals surface area contributed by atoms with Gasteiger partial charge in [-0.15, -0.1) is 0 Å². The summed E-state index contributed by atoms with van der Waals surface area (Å²) in [6.45, 7) is 8.48. The van der Waals surface area contributed by atoms with Crippen molar-refractivity contribution in [2.75, 3.05) is 13.7 Å². The first-order valence-electron chi connectivity index (χ1n) is 10.8. The topological polar surface area (TPSA) is 125 Å². The average Bonchev–Trinajstić information content (AvgIpc) is 3.34. The third-order valence-corrected chi connectivity index (χ3v) is 5.09. The van der Waals surface area contributed by atoms with E-state index in [4.69, 9.17) is 23.4 Å². The molecule has 1 aromatic heterocycles. The Morgan fingerprint density at radius 3 is 2.32 bits per heavy atom. The van der Waals surface area contributed by atoms with Crippen molar-refractivity contribution in [1.29, 1.82) is 0 Å². The lowest BCUT2D eigenvalue weighted by Gasteiger charge is -2.30. The van der Waals surface area contributed by atoms with Crippen molar-refractivity contribution in [2.24, 2.45) is 0 Å². The van der Waals surface area contributed by atoms with Crippen molar-refractivity contribution in [3.8, 4) is 5.75 Å². The number of carboxylic acids is 1. The summed E-state index contributed by atoms with van der Waals surface area (Å²) in [5.74, 6) is -1.04. The van der Waals surface area contributed by atoms with Crippen molar-refractivity contribution >= 4 is 18.0 Å². The van der Waals surface area contributed by atoms with E-state index in [2.05, 4.69) is 0 Å². The summed E-state index contributed by atoms with van der Waals surface area (Å²) >= 11 is 0. The maximum absolute atomic E-state index is 13.3. The van der Waals surface area contributed by atoms with Crippen LogP contribution in [0, 0.1) is 6.92 Å². The SMILES string of the molecule is CCOC(=O)c1cc([C@H]2[C@H](C(=O)O)OC(c3ccc(OC)cc3)N2C(=O)OC(C)(C)C)oc1C. The van der Waals surface area contributed by atoms with Crippen LogP contribution in [0.4, 0.5) is 4.79 Å². The molecule has 1 unspecified atom stereocenters. The quantitative estimate of drug-likeness (QED) is 0.611. The van der Waals surface area contributed by atoms with Crippen LogP contribution in [0.15, 0.2) is 34.7 Å². The number of aliphatic carboxylic acids is 1. The number of carbonyl (C=O) groups excluding carboxylic acids is 2. The van der Waals surface area contributed by atoms with Gasteiger partial charge in [-0.25, -0.2) is 14.4 Å². The number of aryl methyl sites for hydroxylation is 1. The van der Waals surface area contributed by atoms with Gasteiger partial charge in [0.05, 0.1) is 13.7 Å². The number of nitrogens with zero attached hydrogens (tertiary/aromatic N) is 1.